The van der Waals surface area contributed by atoms with Crippen LogP contribution in [0.25, 0.3) is 0 Å². The van der Waals surface area contributed by atoms with Crippen molar-refractivity contribution < 1.29 is 9.90 Å². The van der Waals surface area contributed by atoms with Crippen LogP contribution >= 0.6 is 11.8 Å². The van der Waals surface area contributed by atoms with Gasteiger partial charge in [-0.25, -0.2) is 0 Å². The number of benzene rings is 1. The summed E-state index contributed by atoms with van der Waals surface area (Å²) in [6, 6.07) is 8.39. The Bertz CT molecular complexity index is 446. The molecule has 3 nitrogen and oxygen atoms in total. The summed E-state index contributed by atoms with van der Waals surface area (Å²) in [6.45, 7) is 5.29. The highest BCUT2D eigenvalue weighted by atomic mass is 32.2. The van der Waals surface area contributed by atoms with Crippen LogP contribution < -0.4 is 0 Å². The van der Waals surface area contributed by atoms with Gasteiger partial charge < -0.3 is 10.0 Å². The second-order valence-corrected chi connectivity index (χ2v) is 6.96. The van der Waals surface area contributed by atoms with Gasteiger partial charge in [0.05, 0.1) is 5.60 Å². The third-order valence-electron chi connectivity index (χ3n) is 3.80. The molecule has 0 saturated carbocycles. The average Bonchev–Trinajstić information content (AvgIpc) is 2.41. The molecule has 1 aromatic rings. The maximum absolute atomic E-state index is 12.1. The molecule has 0 spiro atoms. The van der Waals surface area contributed by atoms with E-state index in [0.717, 1.165) is 5.75 Å². The van der Waals surface area contributed by atoms with Crippen LogP contribution in [0.4, 0.5) is 0 Å². The van der Waals surface area contributed by atoms with Gasteiger partial charge in [-0.2, -0.15) is 0 Å². The number of rotatable bonds is 4. The fraction of sp³-hybridized carbons (Fsp3) is 0.562. The highest BCUT2D eigenvalue weighted by Gasteiger charge is 2.29. The zero-order chi connectivity index (χ0) is 14.6. The van der Waals surface area contributed by atoms with E-state index in [1.807, 2.05) is 11.8 Å². The smallest absolute Gasteiger partial charge is 0.223 e. The first-order valence-electron chi connectivity index (χ1n) is 7.16. The van der Waals surface area contributed by atoms with Gasteiger partial charge >= 0.3 is 0 Å². The molecule has 0 radical (unpaired) electrons. The molecule has 1 aromatic carbocycles. The molecular weight excluding hydrogens is 270 g/mol. The monoisotopic (exact) mass is 293 g/mol. The molecule has 1 heterocycles. The number of aliphatic hydroxyl groups is 1. The van der Waals surface area contributed by atoms with Gasteiger partial charge in [-0.15, -0.1) is 11.8 Å². The topological polar surface area (TPSA) is 40.5 Å². The van der Waals surface area contributed by atoms with Gasteiger partial charge in [0.15, 0.2) is 0 Å². The molecule has 1 aliphatic rings. The normalized spacial score (nSPS) is 18.1. The first kappa shape index (κ1) is 15.4. The summed E-state index contributed by atoms with van der Waals surface area (Å²) in [5.41, 5.74) is 0.666. The predicted molar refractivity (Wildman–Crippen MR) is 83.0 cm³/mol. The molecule has 1 amide bonds. The maximum atomic E-state index is 12.1. The molecule has 1 saturated heterocycles. The van der Waals surface area contributed by atoms with E-state index in [1.165, 1.54) is 10.5 Å². The first-order chi connectivity index (χ1) is 9.46. The summed E-state index contributed by atoms with van der Waals surface area (Å²) < 4.78 is 0. The number of hydrogen-bond acceptors (Lipinski definition) is 3. The van der Waals surface area contributed by atoms with E-state index in [9.17, 15) is 9.90 Å². The molecule has 2 rings (SSSR count). The van der Waals surface area contributed by atoms with Crippen molar-refractivity contribution in [2.75, 3.05) is 18.8 Å². The molecular formula is C16H23NO2S. The number of likely N-dealkylation sites (tertiary alicyclic amines) is 1. The van der Waals surface area contributed by atoms with Crippen LogP contribution in [0.2, 0.25) is 0 Å². The van der Waals surface area contributed by atoms with Crippen LogP contribution in [0.5, 0.6) is 0 Å². The van der Waals surface area contributed by atoms with E-state index in [1.54, 1.807) is 11.8 Å². The van der Waals surface area contributed by atoms with Gasteiger partial charge in [0.25, 0.3) is 0 Å². The highest BCUT2D eigenvalue weighted by molar-refractivity contribution is 7.99. The molecule has 1 aliphatic heterocycles. The van der Waals surface area contributed by atoms with Crippen LogP contribution in [0.3, 0.4) is 0 Å². The van der Waals surface area contributed by atoms with E-state index in [2.05, 4.69) is 31.2 Å². The first-order valence-corrected chi connectivity index (χ1v) is 8.14. The average molecular weight is 293 g/mol. The van der Waals surface area contributed by atoms with E-state index < -0.39 is 5.60 Å². The van der Waals surface area contributed by atoms with Crippen LogP contribution in [0.1, 0.15) is 31.7 Å². The summed E-state index contributed by atoms with van der Waals surface area (Å²) in [5, 5.41) is 9.88. The van der Waals surface area contributed by atoms with Crippen molar-refractivity contribution in [2.45, 2.75) is 43.6 Å². The van der Waals surface area contributed by atoms with E-state index in [-0.39, 0.29) is 5.91 Å². The quantitative estimate of drug-likeness (QED) is 0.868. The Kier molecular flexibility index (Phi) is 5.11. The summed E-state index contributed by atoms with van der Waals surface area (Å²) in [4.78, 5) is 15.2. The molecule has 0 atom stereocenters. The second-order valence-electron chi connectivity index (χ2n) is 5.79. The zero-order valence-electron chi connectivity index (χ0n) is 12.3. The van der Waals surface area contributed by atoms with Gasteiger partial charge in [-0.3, -0.25) is 4.79 Å². The lowest BCUT2D eigenvalue weighted by Crippen LogP contribution is -2.45. The number of hydrogen-bond donors (Lipinski definition) is 1. The number of thioether (sulfide) groups is 1. The Balaban J connectivity index is 1.71. The minimum atomic E-state index is -0.590. The molecule has 0 aromatic heterocycles. The van der Waals surface area contributed by atoms with Gasteiger partial charge in [0, 0.05) is 30.2 Å². The van der Waals surface area contributed by atoms with Crippen LogP contribution in [0.15, 0.2) is 29.2 Å². The van der Waals surface area contributed by atoms with Crippen molar-refractivity contribution in [3.63, 3.8) is 0 Å². The molecule has 0 bridgehead atoms. The lowest BCUT2D eigenvalue weighted by Gasteiger charge is -2.35. The summed E-state index contributed by atoms with van der Waals surface area (Å²) in [6.07, 6.45) is 1.94. The highest BCUT2D eigenvalue weighted by Crippen LogP contribution is 2.23. The van der Waals surface area contributed by atoms with Crippen LogP contribution in [-0.4, -0.2) is 40.4 Å². The lowest BCUT2D eigenvalue weighted by atomic mass is 9.94. The number of aryl methyl sites for hydroxylation is 1. The Hall–Kier alpha value is -1.00. The Morgan fingerprint density at radius 1 is 1.30 bits per heavy atom. The Labute approximate surface area is 125 Å². The third kappa shape index (κ3) is 4.53. The van der Waals surface area contributed by atoms with Crippen LogP contribution in [0, 0.1) is 6.92 Å². The van der Waals surface area contributed by atoms with Crippen molar-refractivity contribution in [3.05, 3.63) is 29.8 Å². The van der Waals surface area contributed by atoms with Crippen molar-refractivity contribution in [1.29, 1.82) is 0 Å². The van der Waals surface area contributed by atoms with Crippen molar-refractivity contribution in [2.24, 2.45) is 0 Å². The predicted octanol–water partition coefficient (Wildman–Crippen LogP) is 2.85. The summed E-state index contributed by atoms with van der Waals surface area (Å²) in [7, 11) is 0. The number of carbonyl (C=O) groups is 1. The van der Waals surface area contributed by atoms with E-state index >= 15 is 0 Å². The number of carbonyl (C=O) groups excluding carboxylic acids is 1. The molecule has 1 fully saturated rings. The maximum Gasteiger partial charge on any atom is 0.223 e. The van der Waals surface area contributed by atoms with E-state index in [0.29, 0.717) is 32.4 Å². The lowest BCUT2D eigenvalue weighted by molar-refractivity contribution is -0.134. The standard InChI is InChI=1S/C16H23NO2S/c1-13-3-5-14(6-4-13)20-12-7-15(18)17-10-8-16(2,19)9-11-17/h3-6,19H,7-12H2,1-2H3. The third-order valence-corrected chi connectivity index (χ3v) is 4.81. The van der Waals surface area contributed by atoms with Gasteiger partial charge in [0.2, 0.25) is 5.91 Å². The molecule has 0 unspecified atom stereocenters. The number of nitrogens with zero attached hydrogens (tertiary/aromatic N) is 1. The fourth-order valence-electron chi connectivity index (χ4n) is 2.29. The number of amides is 1. The molecule has 110 valence electrons. The minimum absolute atomic E-state index is 0.208. The van der Waals surface area contributed by atoms with Crippen molar-refractivity contribution in [1.82, 2.24) is 4.90 Å². The second kappa shape index (κ2) is 6.64. The summed E-state index contributed by atoms with van der Waals surface area (Å²) in [5.74, 6) is 1.02. The van der Waals surface area contributed by atoms with Crippen molar-refractivity contribution in [3.8, 4) is 0 Å². The van der Waals surface area contributed by atoms with Gasteiger partial charge in [0.1, 0.15) is 0 Å². The summed E-state index contributed by atoms with van der Waals surface area (Å²) >= 11 is 1.72. The Morgan fingerprint density at radius 2 is 1.90 bits per heavy atom. The van der Waals surface area contributed by atoms with Gasteiger partial charge in [-0.05, 0) is 38.8 Å². The molecule has 4 heteroatoms. The molecule has 1 N–H and O–H groups in total. The van der Waals surface area contributed by atoms with Crippen LogP contribution in [-0.2, 0) is 4.79 Å². The van der Waals surface area contributed by atoms with E-state index in [4.69, 9.17) is 0 Å². The van der Waals surface area contributed by atoms with Gasteiger partial charge in [-0.1, -0.05) is 17.7 Å². The SMILES string of the molecule is Cc1ccc(SCCC(=O)N2CCC(C)(O)CC2)cc1. The van der Waals surface area contributed by atoms with Crippen molar-refractivity contribution >= 4 is 17.7 Å². The zero-order valence-corrected chi connectivity index (χ0v) is 13.1. The largest absolute Gasteiger partial charge is 0.390 e. The fourth-order valence-corrected chi connectivity index (χ4v) is 3.13. The Morgan fingerprint density at radius 3 is 2.50 bits per heavy atom. The molecule has 0 aliphatic carbocycles. The molecule has 20 heavy (non-hydrogen) atoms. The number of piperidine rings is 1. The minimum Gasteiger partial charge on any atom is -0.390 e.